The lowest BCUT2D eigenvalue weighted by molar-refractivity contribution is 0.173. The van der Waals surface area contributed by atoms with Crippen LogP contribution in [0.2, 0.25) is 5.35 Å². The van der Waals surface area contributed by atoms with Crippen molar-refractivity contribution >= 4 is 23.0 Å². The molecule has 0 unspecified atom stereocenters. The van der Waals surface area contributed by atoms with Gasteiger partial charge in [0.25, 0.3) is 5.35 Å². The maximum absolute atomic E-state index is 6.29. The number of para-hydroxylation sites is 2. The topological polar surface area (TPSA) is 57.0 Å². The van der Waals surface area contributed by atoms with Crippen LogP contribution in [0.1, 0.15) is 22.5 Å². The van der Waals surface area contributed by atoms with Crippen molar-refractivity contribution in [2.75, 3.05) is 18.3 Å². The second-order valence-electron chi connectivity index (χ2n) is 8.10. The van der Waals surface area contributed by atoms with Crippen LogP contribution in [0.4, 0.5) is 11.4 Å². The number of benzene rings is 3. The number of hydrogen-bond donors (Lipinski definition) is 0. The summed E-state index contributed by atoms with van der Waals surface area (Å²) in [6.45, 7) is 1.24. The summed E-state index contributed by atoms with van der Waals surface area (Å²) in [6.07, 6.45) is 1.67. The molecule has 0 amide bonds. The van der Waals surface area contributed by atoms with Crippen LogP contribution in [0, 0.1) is 0 Å². The lowest BCUT2D eigenvalue weighted by Crippen LogP contribution is -2.39. The molecule has 0 saturated carbocycles. The molecule has 0 atom stereocenters. The summed E-state index contributed by atoms with van der Waals surface area (Å²) in [5.41, 5.74) is 5.15. The summed E-state index contributed by atoms with van der Waals surface area (Å²) >= 11 is 5.94. The molecule has 3 aliphatic heterocycles. The van der Waals surface area contributed by atoms with Crippen molar-refractivity contribution in [1.82, 2.24) is 4.98 Å². The van der Waals surface area contributed by atoms with Crippen molar-refractivity contribution in [3.63, 3.8) is 0 Å². The van der Waals surface area contributed by atoms with E-state index in [1.54, 1.807) is 6.20 Å². The Balaban J connectivity index is 1.48. The lowest BCUT2D eigenvalue weighted by atomic mass is 9.67. The van der Waals surface area contributed by atoms with Crippen molar-refractivity contribution in [3.8, 4) is 17.2 Å². The minimum atomic E-state index is -0.459. The van der Waals surface area contributed by atoms with E-state index in [9.17, 15) is 0 Å². The van der Waals surface area contributed by atoms with Gasteiger partial charge in [-0.3, -0.25) is 0 Å². The van der Waals surface area contributed by atoms with Crippen LogP contribution in [0.25, 0.3) is 0 Å². The predicted molar refractivity (Wildman–Crippen MR) is 118 cm³/mol. The average molecular weight is 445 g/mol. The Kier molecular flexibility index (Phi) is 3.62. The molecule has 0 bridgehead atoms. The van der Waals surface area contributed by atoms with Crippen molar-refractivity contribution in [1.29, 1.82) is 0 Å². The van der Waals surface area contributed by atoms with Crippen LogP contribution in [0.15, 0.2) is 71.3 Å². The van der Waals surface area contributed by atoms with E-state index in [-0.39, 0.29) is 12.1 Å². The van der Waals surface area contributed by atoms with Gasteiger partial charge in [-0.2, -0.15) is 0 Å². The van der Waals surface area contributed by atoms with Gasteiger partial charge in [-0.1, -0.05) is 36.4 Å². The van der Waals surface area contributed by atoms with Crippen LogP contribution in [0.5, 0.6) is 17.2 Å². The zero-order valence-corrected chi connectivity index (χ0v) is 17.6. The van der Waals surface area contributed by atoms with Crippen molar-refractivity contribution < 1.29 is 18.6 Å². The zero-order valence-electron chi connectivity index (χ0n) is 16.9. The highest BCUT2D eigenvalue weighted by molar-refractivity contribution is 6.27. The van der Waals surface area contributed by atoms with Gasteiger partial charge in [-0.25, -0.2) is 4.98 Å². The zero-order chi connectivity index (χ0) is 21.3. The van der Waals surface area contributed by atoms with E-state index in [0.717, 1.165) is 34.2 Å². The van der Waals surface area contributed by atoms with E-state index in [1.165, 1.54) is 11.1 Å². The normalized spacial score (nSPS) is 16.5. The Morgan fingerprint density at radius 2 is 1.53 bits per heavy atom. The molecule has 0 fully saturated rings. The van der Waals surface area contributed by atoms with Crippen molar-refractivity contribution in [2.24, 2.45) is 0 Å². The van der Waals surface area contributed by atoms with Gasteiger partial charge in [-0.05, 0) is 40.9 Å². The standard InChI is InChI=1S/C25H17ClN2O4/c26-24-27-11-15(32-24)12-28-19-7-3-1-5-16(19)25(17-6-2-4-8-20(17)28)13-29-21-10-23-22(9-18(21)25)30-14-31-23/h1-11H,12-14H2. The molecule has 0 N–H and O–H groups in total. The van der Waals surface area contributed by atoms with E-state index in [2.05, 4.69) is 64.5 Å². The van der Waals surface area contributed by atoms with Gasteiger partial charge in [0.1, 0.15) is 18.1 Å². The molecule has 158 valence electrons. The predicted octanol–water partition coefficient (Wildman–Crippen LogP) is 5.44. The van der Waals surface area contributed by atoms with E-state index in [0.29, 0.717) is 18.9 Å². The number of rotatable bonds is 2. The summed E-state index contributed by atoms with van der Waals surface area (Å²) in [6, 6.07) is 20.9. The molecule has 32 heavy (non-hydrogen) atoms. The molecule has 7 rings (SSSR count). The molecule has 0 radical (unpaired) electrons. The van der Waals surface area contributed by atoms with Crippen molar-refractivity contribution in [3.05, 3.63) is 94.7 Å². The van der Waals surface area contributed by atoms with Crippen LogP contribution in [-0.2, 0) is 12.0 Å². The third-order valence-electron chi connectivity index (χ3n) is 6.53. The fourth-order valence-corrected chi connectivity index (χ4v) is 5.33. The summed E-state index contributed by atoms with van der Waals surface area (Å²) in [5.74, 6) is 3.00. The molecule has 1 spiro atoms. The smallest absolute Gasteiger partial charge is 0.292 e. The molecule has 0 aliphatic carbocycles. The number of fused-ring (bicyclic) bond motifs is 7. The van der Waals surface area contributed by atoms with Gasteiger partial charge in [0, 0.05) is 23.0 Å². The summed E-state index contributed by atoms with van der Waals surface area (Å²) in [7, 11) is 0. The SMILES string of the molecule is Clc1ncc(CN2c3ccccc3C3(COc4cc5c(cc43)OCO5)c3ccccc32)o1. The van der Waals surface area contributed by atoms with E-state index in [4.69, 9.17) is 30.2 Å². The highest BCUT2D eigenvalue weighted by Gasteiger charge is 2.50. The first-order valence-electron chi connectivity index (χ1n) is 10.4. The Bertz CT molecular complexity index is 1330. The lowest BCUT2D eigenvalue weighted by Gasteiger charge is -2.42. The fourth-order valence-electron chi connectivity index (χ4n) is 5.18. The molecule has 4 heterocycles. The second-order valence-corrected chi connectivity index (χ2v) is 8.42. The molecule has 0 saturated heterocycles. The van der Waals surface area contributed by atoms with Crippen molar-refractivity contribution in [2.45, 2.75) is 12.0 Å². The molecular formula is C25H17ClN2O4. The second kappa shape index (κ2) is 6.43. The fraction of sp³-hybridized carbons (Fsp3) is 0.160. The number of anilines is 2. The minimum Gasteiger partial charge on any atom is -0.491 e. The first kappa shape index (κ1) is 18.0. The highest BCUT2D eigenvalue weighted by Crippen LogP contribution is 2.58. The largest absolute Gasteiger partial charge is 0.491 e. The molecule has 1 aromatic heterocycles. The average Bonchev–Trinajstić information content (AvgIpc) is 3.54. The summed E-state index contributed by atoms with van der Waals surface area (Å²) < 4.78 is 23.2. The van der Waals surface area contributed by atoms with Gasteiger partial charge in [0.2, 0.25) is 6.79 Å². The van der Waals surface area contributed by atoms with Gasteiger partial charge in [-0.15, -0.1) is 0 Å². The van der Waals surface area contributed by atoms with Gasteiger partial charge in [0.05, 0.1) is 18.2 Å². The van der Waals surface area contributed by atoms with Crippen LogP contribution >= 0.6 is 11.6 Å². The molecule has 3 aliphatic rings. The molecular weight excluding hydrogens is 428 g/mol. The minimum absolute atomic E-state index is 0.143. The molecule has 4 aromatic rings. The van der Waals surface area contributed by atoms with Gasteiger partial charge >= 0.3 is 0 Å². The summed E-state index contributed by atoms with van der Waals surface area (Å²) in [5, 5.41) is 0.143. The monoisotopic (exact) mass is 444 g/mol. The van der Waals surface area contributed by atoms with Gasteiger partial charge in [0.15, 0.2) is 11.5 Å². The Hall–Kier alpha value is -3.64. The number of halogens is 1. The van der Waals surface area contributed by atoms with Crippen LogP contribution in [-0.4, -0.2) is 18.4 Å². The van der Waals surface area contributed by atoms with E-state index in [1.807, 2.05) is 6.07 Å². The Morgan fingerprint density at radius 3 is 2.22 bits per heavy atom. The van der Waals surface area contributed by atoms with E-state index >= 15 is 0 Å². The third kappa shape index (κ3) is 2.33. The Morgan fingerprint density at radius 1 is 0.844 bits per heavy atom. The highest BCUT2D eigenvalue weighted by atomic mass is 35.5. The summed E-state index contributed by atoms with van der Waals surface area (Å²) in [4.78, 5) is 6.30. The molecule has 7 heteroatoms. The number of hydrogen-bond acceptors (Lipinski definition) is 6. The maximum Gasteiger partial charge on any atom is 0.292 e. The van der Waals surface area contributed by atoms with Gasteiger partial charge < -0.3 is 23.5 Å². The number of ether oxygens (including phenoxy) is 3. The maximum atomic E-state index is 6.29. The van der Waals surface area contributed by atoms with Crippen LogP contribution < -0.4 is 19.1 Å². The number of nitrogens with zero attached hydrogens (tertiary/aromatic N) is 2. The number of aromatic nitrogens is 1. The molecule has 3 aromatic carbocycles. The molecule has 6 nitrogen and oxygen atoms in total. The number of oxazole rings is 1. The van der Waals surface area contributed by atoms with Crippen LogP contribution in [0.3, 0.4) is 0 Å². The quantitative estimate of drug-likeness (QED) is 0.410. The first-order chi connectivity index (χ1) is 15.7. The Labute approximate surface area is 188 Å². The first-order valence-corrected chi connectivity index (χ1v) is 10.8. The third-order valence-corrected chi connectivity index (χ3v) is 6.70. The van der Waals surface area contributed by atoms with E-state index < -0.39 is 5.41 Å².